The number of hydrogen-bond donors (Lipinski definition) is 1. The maximum absolute atomic E-state index is 12.1. The zero-order valence-electron chi connectivity index (χ0n) is 10.6. The summed E-state index contributed by atoms with van der Waals surface area (Å²) in [5.41, 5.74) is 0. The highest BCUT2D eigenvalue weighted by atomic mass is 16.3. The molecular weight excluding hydrogens is 216 g/mol. The average Bonchev–Trinajstić information content (AvgIpc) is 2.28. The molecule has 0 bridgehead atoms. The summed E-state index contributed by atoms with van der Waals surface area (Å²) in [6.07, 6.45) is 7.20. The van der Waals surface area contributed by atoms with Crippen molar-refractivity contribution in [3.63, 3.8) is 0 Å². The van der Waals surface area contributed by atoms with Crippen LogP contribution in [0.25, 0.3) is 0 Å². The van der Waals surface area contributed by atoms with Crippen molar-refractivity contribution in [2.45, 2.75) is 44.6 Å². The van der Waals surface area contributed by atoms with E-state index in [4.69, 9.17) is 5.11 Å². The van der Waals surface area contributed by atoms with Crippen LogP contribution in [0.1, 0.15) is 38.5 Å². The van der Waals surface area contributed by atoms with Crippen LogP contribution < -0.4 is 0 Å². The Morgan fingerprint density at radius 3 is 2.41 bits per heavy atom. The number of carbonyl (C=O) groups excluding carboxylic acids is 1. The van der Waals surface area contributed by atoms with Gasteiger partial charge in [0.1, 0.15) is 0 Å². The fraction of sp³-hybridized carbons (Fsp3) is 0.923. The largest absolute Gasteiger partial charge is 0.395 e. The molecule has 4 nitrogen and oxygen atoms in total. The van der Waals surface area contributed by atoms with Gasteiger partial charge in [0, 0.05) is 25.7 Å². The summed E-state index contributed by atoms with van der Waals surface area (Å²) in [6, 6.07) is 0.538. The van der Waals surface area contributed by atoms with E-state index in [1.165, 1.54) is 25.7 Å². The fourth-order valence-corrected chi connectivity index (χ4v) is 2.69. The highest BCUT2D eigenvalue weighted by molar-refractivity contribution is 5.78. The molecule has 2 rings (SSSR count). The minimum Gasteiger partial charge on any atom is -0.395 e. The number of aliphatic hydroxyl groups excluding tert-OH is 1. The molecular formula is C13H24N2O2. The van der Waals surface area contributed by atoms with Crippen molar-refractivity contribution in [3.05, 3.63) is 0 Å². The summed E-state index contributed by atoms with van der Waals surface area (Å²) in [6.45, 7) is 3.16. The molecule has 1 N–H and O–H groups in total. The van der Waals surface area contributed by atoms with Crippen molar-refractivity contribution < 1.29 is 9.90 Å². The van der Waals surface area contributed by atoms with E-state index in [2.05, 4.69) is 4.90 Å². The van der Waals surface area contributed by atoms with E-state index in [0.29, 0.717) is 19.1 Å². The predicted molar refractivity (Wildman–Crippen MR) is 66.7 cm³/mol. The molecule has 0 aromatic heterocycles. The second-order valence-corrected chi connectivity index (χ2v) is 5.22. The Hall–Kier alpha value is -0.610. The number of likely N-dealkylation sites (tertiary alicyclic amines) is 1. The van der Waals surface area contributed by atoms with Crippen molar-refractivity contribution in [2.75, 3.05) is 32.8 Å². The molecule has 4 heteroatoms. The van der Waals surface area contributed by atoms with Gasteiger partial charge >= 0.3 is 0 Å². The fourth-order valence-electron chi connectivity index (χ4n) is 2.69. The van der Waals surface area contributed by atoms with Crippen LogP contribution in [0.5, 0.6) is 0 Å². The van der Waals surface area contributed by atoms with Crippen molar-refractivity contribution in [1.82, 2.24) is 9.80 Å². The minimum atomic E-state index is 0.157. The van der Waals surface area contributed by atoms with Crippen LogP contribution >= 0.6 is 0 Å². The Kier molecular flexibility index (Phi) is 4.80. The van der Waals surface area contributed by atoms with Crippen LogP contribution in [0, 0.1) is 0 Å². The summed E-state index contributed by atoms with van der Waals surface area (Å²) in [4.78, 5) is 16.3. The van der Waals surface area contributed by atoms with Gasteiger partial charge in [-0.05, 0) is 32.1 Å². The number of carbonyl (C=O) groups is 1. The first-order valence-electron chi connectivity index (χ1n) is 6.94. The first-order valence-corrected chi connectivity index (χ1v) is 6.94. The summed E-state index contributed by atoms with van der Waals surface area (Å²) < 4.78 is 0. The maximum atomic E-state index is 12.1. The van der Waals surface area contributed by atoms with E-state index < -0.39 is 0 Å². The molecule has 1 saturated heterocycles. The third-order valence-electron chi connectivity index (χ3n) is 4.03. The van der Waals surface area contributed by atoms with Gasteiger partial charge in [-0.25, -0.2) is 0 Å². The zero-order valence-corrected chi connectivity index (χ0v) is 10.6. The van der Waals surface area contributed by atoms with Crippen molar-refractivity contribution in [1.29, 1.82) is 0 Å². The van der Waals surface area contributed by atoms with Crippen LogP contribution in [0.2, 0.25) is 0 Å². The van der Waals surface area contributed by atoms with Crippen LogP contribution in [0.15, 0.2) is 0 Å². The summed E-state index contributed by atoms with van der Waals surface area (Å²) in [5.74, 6) is 0.255. The molecule has 1 aliphatic carbocycles. The molecule has 0 spiro atoms. The Morgan fingerprint density at radius 2 is 1.88 bits per heavy atom. The summed E-state index contributed by atoms with van der Waals surface area (Å²) in [7, 11) is 0. The molecule has 0 radical (unpaired) electrons. The Balaban J connectivity index is 1.80. The van der Waals surface area contributed by atoms with Crippen molar-refractivity contribution >= 4 is 5.91 Å². The molecule has 1 amide bonds. The average molecular weight is 240 g/mol. The smallest absolute Gasteiger partial charge is 0.236 e. The molecule has 0 aromatic rings. The number of rotatable bonds is 5. The van der Waals surface area contributed by atoms with Crippen molar-refractivity contribution in [3.8, 4) is 0 Å². The Morgan fingerprint density at radius 1 is 1.18 bits per heavy atom. The number of piperidine rings is 1. The molecule has 2 aliphatic rings. The van der Waals surface area contributed by atoms with Crippen molar-refractivity contribution in [2.24, 2.45) is 0 Å². The maximum Gasteiger partial charge on any atom is 0.236 e. The first-order chi connectivity index (χ1) is 8.31. The topological polar surface area (TPSA) is 43.8 Å². The van der Waals surface area contributed by atoms with E-state index in [0.717, 1.165) is 25.9 Å². The Labute approximate surface area is 104 Å². The lowest BCUT2D eigenvalue weighted by atomic mass is 9.91. The number of nitrogens with zero attached hydrogens (tertiary/aromatic N) is 2. The van der Waals surface area contributed by atoms with Gasteiger partial charge in [0.25, 0.3) is 0 Å². The van der Waals surface area contributed by atoms with Crippen LogP contribution in [0.3, 0.4) is 0 Å². The molecule has 1 aliphatic heterocycles. The molecule has 98 valence electrons. The summed E-state index contributed by atoms with van der Waals surface area (Å²) in [5, 5.41) is 9.06. The number of amides is 1. The summed E-state index contributed by atoms with van der Waals surface area (Å²) >= 11 is 0. The predicted octanol–water partition coefficient (Wildman–Crippen LogP) is 0.846. The van der Waals surface area contributed by atoms with Gasteiger partial charge in [-0.1, -0.05) is 6.42 Å². The second kappa shape index (κ2) is 6.36. The van der Waals surface area contributed by atoms with E-state index in [-0.39, 0.29) is 12.5 Å². The van der Waals surface area contributed by atoms with Crippen LogP contribution in [-0.4, -0.2) is 59.6 Å². The zero-order chi connectivity index (χ0) is 12.1. The minimum absolute atomic E-state index is 0.157. The van der Waals surface area contributed by atoms with E-state index in [1.54, 1.807) is 0 Å². The molecule has 2 fully saturated rings. The third kappa shape index (κ3) is 3.42. The van der Waals surface area contributed by atoms with Gasteiger partial charge in [-0.3, -0.25) is 9.69 Å². The van der Waals surface area contributed by atoms with E-state index >= 15 is 0 Å². The number of hydrogen-bond acceptors (Lipinski definition) is 3. The third-order valence-corrected chi connectivity index (χ3v) is 4.03. The standard InChI is InChI=1S/C13H24N2O2/c16-10-9-15(12-5-4-6-12)11-13(17)14-7-2-1-3-8-14/h12,16H,1-11H2. The number of aliphatic hydroxyl groups is 1. The highest BCUT2D eigenvalue weighted by Gasteiger charge is 2.27. The lowest BCUT2D eigenvalue weighted by Crippen LogP contribution is -2.49. The molecule has 17 heavy (non-hydrogen) atoms. The second-order valence-electron chi connectivity index (χ2n) is 5.22. The molecule has 0 atom stereocenters. The van der Waals surface area contributed by atoms with Gasteiger partial charge in [0.15, 0.2) is 0 Å². The van der Waals surface area contributed by atoms with E-state index in [1.807, 2.05) is 4.90 Å². The van der Waals surface area contributed by atoms with E-state index in [9.17, 15) is 4.79 Å². The lowest BCUT2D eigenvalue weighted by Gasteiger charge is -2.38. The highest BCUT2D eigenvalue weighted by Crippen LogP contribution is 2.24. The lowest BCUT2D eigenvalue weighted by molar-refractivity contribution is -0.134. The van der Waals surface area contributed by atoms with Crippen LogP contribution in [-0.2, 0) is 4.79 Å². The van der Waals surface area contributed by atoms with Gasteiger partial charge in [0.05, 0.1) is 13.2 Å². The van der Waals surface area contributed by atoms with Gasteiger partial charge in [0.2, 0.25) is 5.91 Å². The van der Waals surface area contributed by atoms with Gasteiger partial charge in [-0.15, -0.1) is 0 Å². The quantitative estimate of drug-likeness (QED) is 0.774. The Bertz CT molecular complexity index is 248. The molecule has 0 aromatic carbocycles. The van der Waals surface area contributed by atoms with Gasteiger partial charge in [-0.2, -0.15) is 0 Å². The van der Waals surface area contributed by atoms with Gasteiger partial charge < -0.3 is 10.0 Å². The monoisotopic (exact) mass is 240 g/mol. The SMILES string of the molecule is O=C(CN(CCO)C1CCC1)N1CCCCC1. The molecule has 1 saturated carbocycles. The normalized spacial score (nSPS) is 21.6. The first kappa shape index (κ1) is 12.8. The molecule has 0 unspecified atom stereocenters. The molecule has 1 heterocycles. The van der Waals surface area contributed by atoms with Crippen LogP contribution in [0.4, 0.5) is 0 Å².